The monoisotopic (exact) mass is 324 g/mol. The van der Waals surface area contributed by atoms with Crippen LogP contribution in [0.25, 0.3) is 0 Å². The molecule has 0 aromatic carbocycles. The molecule has 0 aliphatic carbocycles. The highest BCUT2D eigenvalue weighted by Gasteiger charge is 2.35. The number of hydrogen-bond donors (Lipinski definition) is 0. The Kier molecular flexibility index (Phi) is 4.73. The molecule has 3 heterocycles. The van der Waals surface area contributed by atoms with Gasteiger partial charge in [-0.2, -0.15) is 0 Å². The normalized spacial score (nSPS) is 21.9. The van der Waals surface area contributed by atoms with Gasteiger partial charge in [0.15, 0.2) is 0 Å². The van der Waals surface area contributed by atoms with Crippen molar-refractivity contribution in [2.75, 3.05) is 31.6 Å². The molecule has 1 aliphatic rings. The Bertz CT molecular complexity index is 588. The summed E-state index contributed by atoms with van der Waals surface area (Å²) in [7, 11) is 2.08. The molecule has 1 aliphatic heterocycles. The number of rotatable bonds is 6. The zero-order valence-electron chi connectivity index (χ0n) is 12.9. The van der Waals surface area contributed by atoms with E-state index in [9.17, 15) is 4.39 Å². The largest absolute Gasteiger partial charge is 0.408 e. The lowest BCUT2D eigenvalue weighted by atomic mass is 10.2. The lowest BCUT2D eigenvalue weighted by Gasteiger charge is -2.26. The van der Waals surface area contributed by atoms with Gasteiger partial charge in [0.1, 0.15) is 6.17 Å². The quantitative estimate of drug-likeness (QED) is 0.817. The minimum absolute atomic E-state index is 0.0863. The molecule has 0 unspecified atom stereocenters. The van der Waals surface area contributed by atoms with Gasteiger partial charge in [-0.25, -0.2) is 4.39 Å². The molecular weight excluding hydrogens is 303 g/mol. The maximum Gasteiger partial charge on any atom is 0.318 e. The predicted molar refractivity (Wildman–Crippen MR) is 85.2 cm³/mol. The van der Waals surface area contributed by atoms with E-state index in [2.05, 4.69) is 39.7 Å². The lowest BCUT2D eigenvalue weighted by Crippen LogP contribution is -2.39. The van der Waals surface area contributed by atoms with Crippen LogP contribution in [0.4, 0.5) is 10.4 Å². The van der Waals surface area contributed by atoms with Crippen LogP contribution in [0.2, 0.25) is 0 Å². The number of aromatic nitrogens is 2. The SMILES string of the molecule is Cc1nnc(N2C[C@@H](F)C[C@H]2CN(C)CCc2cccs2)o1. The number of alkyl halides is 1. The summed E-state index contributed by atoms with van der Waals surface area (Å²) in [5.41, 5.74) is 0. The number of nitrogens with zero attached hydrogens (tertiary/aromatic N) is 4. The second-order valence-corrected chi connectivity index (χ2v) is 6.87. The van der Waals surface area contributed by atoms with E-state index in [-0.39, 0.29) is 6.04 Å². The van der Waals surface area contributed by atoms with Crippen molar-refractivity contribution in [1.82, 2.24) is 15.1 Å². The topological polar surface area (TPSA) is 45.4 Å². The van der Waals surface area contributed by atoms with Crippen molar-refractivity contribution in [3.63, 3.8) is 0 Å². The highest BCUT2D eigenvalue weighted by atomic mass is 32.1. The first-order valence-electron chi connectivity index (χ1n) is 7.53. The third-order valence-electron chi connectivity index (χ3n) is 3.97. The fourth-order valence-electron chi connectivity index (χ4n) is 2.88. The molecule has 2 atom stereocenters. The average molecular weight is 324 g/mol. The molecule has 0 bridgehead atoms. The first-order chi connectivity index (χ1) is 10.6. The molecule has 120 valence electrons. The fraction of sp³-hybridized carbons (Fsp3) is 0.600. The second-order valence-electron chi connectivity index (χ2n) is 5.83. The Morgan fingerprint density at radius 1 is 1.50 bits per heavy atom. The molecule has 7 heteroatoms. The number of halogens is 1. The molecule has 1 saturated heterocycles. The Balaban J connectivity index is 1.57. The second kappa shape index (κ2) is 6.75. The van der Waals surface area contributed by atoms with Gasteiger partial charge in [-0.15, -0.1) is 16.4 Å². The van der Waals surface area contributed by atoms with Gasteiger partial charge in [-0.3, -0.25) is 0 Å². The molecule has 2 aromatic heterocycles. The summed E-state index contributed by atoms with van der Waals surface area (Å²) in [6, 6.07) is 4.75. The first kappa shape index (κ1) is 15.4. The maximum atomic E-state index is 13.8. The third kappa shape index (κ3) is 3.64. The summed E-state index contributed by atoms with van der Waals surface area (Å²) in [6.45, 7) is 3.85. The van der Waals surface area contributed by atoms with Crippen LogP contribution in [-0.2, 0) is 6.42 Å². The van der Waals surface area contributed by atoms with Gasteiger partial charge in [-0.1, -0.05) is 11.2 Å². The van der Waals surface area contributed by atoms with Crippen molar-refractivity contribution in [3.05, 3.63) is 28.3 Å². The predicted octanol–water partition coefficient (Wildman–Crippen LogP) is 2.53. The van der Waals surface area contributed by atoms with Crippen molar-refractivity contribution in [2.45, 2.75) is 32.0 Å². The van der Waals surface area contributed by atoms with E-state index in [1.165, 1.54) is 4.88 Å². The Morgan fingerprint density at radius 2 is 2.36 bits per heavy atom. The van der Waals surface area contributed by atoms with Crippen molar-refractivity contribution >= 4 is 17.4 Å². The highest BCUT2D eigenvalue weighted by molar-refractivity contribution is 7.09. The van der Waals surface area contributed by atoms with Crippen molar-refractivity contribution in [2.24, 2.45) is 0 Å². The van der Waals surface area contributed by atoms with Crippen LogP contribution in [0.3, 0.4) is 0 Å². The van der Waals surface area contributed by atoms with Crippen LogP contribution >= 0.6 is 11.3 Å². The summed E-state index contributed by atoms with van der Waals surface area (Å²) in [5.74, 6) is 0.516. The Labute approximate surface area is 133 Å². The molecule has 0 spiro atoms. The fourth-order valence-corrected chi connectivity index (χ4v) is 3.57. The van der Waals surface area contributed by atoms with Crippen molar-refractivity contribution in [1.29, 1.82) is 0 Å². The Hall–Kier alpha value is -1.47. The Morgan fingerprint density at radius 3 is 3.05 bits per heavy atom. The van der Waals surface area contributed by atoms with E-state index in [0.29, 0.717) is 24.9 Å². The smallest absolute Gasteiger partial charge is 0.318 e. The summed E-state index contributed by atoms with van der Waals surface area (Å²) >= 11 is 1.78. The number of hydrogen-bond acceptors (Lipinski definition) is 6. The molecule has 0 saturated carbocycles. The van der Waals surface area contributed by atoms with Crippen LogP contribution < -0.4 is 4.90 Å². The zero-order valence-corrected chi connectivity index (χ0v) is 13.7. The summed E-state index contributed by atoms with van der Waals surface area (Å²) in [5, 5.41) is 9.98. The van der Waals surface area contributed by atoms with Gasteiger partial charge >= 0.3 is 6.01 Å². The highest BCUT2D eigenvalue weighted by Crippen LogP contribution is 2.26. The van der Waals surface area contributed by atoms with E-state index < -0.39 is 6.17 Å². The van der Waals surface area contributed by atoms with E-state index in [4.69, 9.17) is 4.42 Å². The van der Waals surface area contributed by atoms with E-state index in [1.54, 1.807) is 18.3 Å². The van der Waals surface area contributed by atoms with E-state index in [0.717, 1.165) is 19.5 Å². The number of thiophene rings is 1. The molecule has 22 heavy (non-hydrogen) atoms. The van der Waals surface area contributed by atoms with Crippen LogP contribution in [-0.4, -0.2) is 54.0 Å². The molecule has 0 radical (unpaired) electrons. The number of aryl methyl sites for hydroxylation is 1. The van der Waals surface area contributed by atoms with Crippen LogP contribution in [0, 0.1) is 6.92 Å². The van der Waals surface area contributed by atoms with Crippen molar-refractivity contribution in [3.8, 4) is 0 Å². The van der Waals surface area contributed by atoms with Gasteiger partial charge in [-0.05, 0) is 24.9 Å². The standard InChI is InChI=1S/C15H21FN4OS/c1-11-17-18-15(21-11)20-9-12(16)8-13(20)10-19(2)6-5-14-4-3-7-22-14/h3-4,7,12-13H,5-6,8-10H2,1-2H3/t12-,13-/m0/s1. The van der Waals surface area contributed by atoms with Gasteiger partial charge in [0.25, 0.3) is 0 Å². The lowest BCUT2D eigenvalue weighted by molar-refractivity contribution is 0.297. The molecule has 0 amide bonds. The number of anilines is 1. The molecule has 5 nitrogen and oxygen atoms in total. The van der Waals surface area contributed by atoms with Gasteiger partial charge in [0.2, 0.25) is 5.89 Å². The molecular formula is C15H21FN4OS. The first-order valence-corrected chi connectivity index (χ1v) is 8.41. The summed E-state index contributed by atoms with van der Waals surface area (Å²) in [6.07, 6.45) is 0.715. The minimum atomic E-state index is -0.831. The zero-order chi connectivity index (χ0) is 15.5. The molecule has 2 aromatic rings. The summed E-state index contributed by atoms with van der Waals surface area (Å²) in [4.78, 5) is 5.54. The maximum absolute atomic E-state index is 13.8. The van der Waals surface area contributed by atoms with Gasteiger partial charge in [0.05, 0.1) is 6.54 Å². The molecule has 1 fully saturated rings. The number of likely N-dealkylation sites (N-methyl/N-ethyl adjacent to an activating group) is 1. The van der Waals surface area contributed by atoms with E-state index >= 15 is 0 Å². The van der Waals surface area contributed by atoms with Gasteiger partial charge < -0.3 is 14.2 Å². The molecule has 0 N–H and O–H groups in total. The van der Waals surface area contributed by atoms with E-state index in [1.807, 2.05) is 4.90 Å². The third-order valence-corrected chi connectivity index (χ3v) is 4.90. The van der Waals surface area contributed by atoms with Gasteiger partial charge in [0, 0.05) is 37.4 Å². The average Bonchev–Trinajstić information content (AvgIpc) is 3.18. The van der Waals surface area contributed by atoms with Crippen LogP contribution in [0.5, 0.6) is 0 Å². The minimum Gasteiger partial charge on any atom is -0.408 e. The summed E-state index contributed by atoms with van der Waals surface area (Å²) < 4.78 is 19.3. The molecule has 3 rings (SSSR count). The van der Waals surface area contributed by atoms with Crippen LogP contribution in [0.1, 0.15) is 17.2 Å². The van der Waals surface area contributed by atoms with Crippen molar-refractivity contribution < 1.29 is 8.81 Å². The van der Waals surface area contributed by atoms with Crippen LogP contribution in [0.15, 0.2) is 21.9 Å².